The van der Waals surface area contributed by atoms with Crippen LogP contribution in [-0.2, 0) is 6.42 Å². The highest BCUT2D eigenvalue weighted by Crippen LogP contribution is 2.29. The lowest BCUT2D eigenvalue weighted by Crippen LogP contribution is -2.04. The molecule has 0 aliphatic rings. The van der Waals surface area contributed by atoms with Gasteiger partial charge in [0.15, 0.2) is 0 Å². The number of aryl methyl sites for hydroxylation is 1. The summed E-state index contributed by atoms with van der Waals surface area (Å²) in [5.41, 5.74) is 0. The standard InChI is InChI=1S/C15H26OS2/c1-4-6-10-17-15(18-11-7-5-2)12-14-9-8-13(3)16-14/h8-9,15H,4-7,10-12H2,1-3H3. The van der Waals surface area contributed by atoms with Crippen molar-refractivity contribution in [2.45, 2.75) is 57.5 Å². The molecule has 0 bridgehead atoms. The minimum atomic E-state index is 0.661. The molecule has 1 aromatic rings. The van der Waals surface area contributed by atoms with E-state index in [0.29, 0.717) is 4.58 Å². The molecule has 0 saturated carbocycles. The van der Waals surface area contributed by atoms with E-state index in [1.54, 1.807) is 0 Å². The van der Waals surface area contributed by atoms with E-state index in [4.69, 9.17) is 4.42 Å². The van der Waals surface area contributed by atoms with E-state index in [9.17, 15) is 0 Å². The van der Waals surface area contributed by atoms with Gasteiger partial charge in [0.05, 0.1) is 4.58 Å². The summed E-state index contributed by atoms with van der Waals surface area (Å²) in [5, 5.41) is 0. The van der Waals surface area contributed by atoms with Crippen LogP contribution < -0.4 is 0 Å². The van der Waals surface area contributed by atoms with Crippen LogP contribution in [0, 0.1) is 6.92 Å². The second-order valence-electron chi connectivity index (χ2n) is 4.59. The Labute approximate surface area is 120 Å². The molecule has 0 unspecified atom stereocenters. The molecule has 1 aromatic heterocycles. The Balaban J connectivity index is 2.37. The van der Waals surface area contributed by atoms with Gasteiger partial charge in [-0.15, -0.1) is 23.5 Å². The van der Waals surface area contributed by atoms with Crippen molar-refractivity contribution in [2.75, 3.05) is 11.5 Å². The monoisotopic (exact) mass is 286 g/mol. The Morgan fingerprint density at radius 1 is 1.06 bits per heavy atom. The predicted molar refractivity (Wildman–Crippen MR) is 85.7 cm³/mol. The van der Waals surface area contributed by atoms with Gasteiger partial charge in [-0.05, 0) is 43.4 Å². The van der Waals surface area contributed by atoms with Crippen molar-refractivity contribution in [2.24, 2.45) is 0 Å². The van der Waals surface area contributed by atoms with E-state index in [1.807, 2.05) is 6.92 Å². The zero-order valence-corrected chi connectivity index (χ0v) is 13.5. The Morgan fingerprint density at radius 2 is 1.67 bits per heavy atom. The van der Waals surface area contributed by atoms with Gasteiger partial charge in [0.25, 0.3) is 0 Å². The molecule has 0 atom stereocenters. The average Bonchev–Trinajstić information content (AvgIpc) is 2.75. The van der Waals surface area contributed by atoms with Crippen LogP contribution >= 0.6 is 23.5 Å². The van der Waals surface area contributed by atoms with Gasteiger partial charge in [-0.3, -0.25) is 0 Å². The highest BCUT2D eigenvalue weighted by atomic mass is 32.2. The fourth-order valence-corrected chi connectivity index (χ4v) is 4.61. The third-order valence-corrected chi connectivity index (χ3v) is 5.71. The topological polar surface area (TPSA) is 13.1 Å². The van der Waals surface area contributed by atoms with Crippen molar-refractivity contribution in [3.63, 3.8) is 0 Å². The van der Waals surface area contributed by atoms with Crippen molar-refractivity contribution in [3.8, 4) is 0 Å². The molecule has 104 valence electrons. The molecule has 1 rings (SSSR count). The van der Waals surface area contributed by atoms with E-state index >= 15 is 0 Å². The van der Waals surface area contributed by atoms with E-state index in [0.717, 1.165) is 17.9 Å². The quantitative estimate of drug-likeness (QED) is 0.415. The zero-order chi connectivity index (χ0) is 13.2. The van der Waals surface area contributed by atoms with Crippen LogP contribution in [0.4, 0.5) is 0 Å². The fourth-order valence-electron chi connectivity index (χ4n) is 1.64. The van der Waals surface area contributed by atoms with E-state index < -0.39 is 0 Å². The van der Waals surface area contributed by atoms with Crippen LogP contribution in [-0.4, -0.2) is 16.1 Å². The summed E-state index contributed by atoms with van der Waals surface area (Å²) in [7, 11) is 0. The Kier molecular flexibility index (Phi) is 8.78. The highest BCUT2D eigenvalue weighted by molar-refractivity contribution is 8.17. The smallest absolute Gasteiger partial charge is 0.106 e. The third-order valence-electron chi connectivity index (χ3n) is 2.77. The molecule has 1 heterocycles. The maximum absolute atomic E-state index is 5.70. The van der Waals surface area contributed by atoms with Crippen molar-refractivity contribution >= 4 is 23.5 Å². The van der Waals surface area contributed by atoms with Crippen molar-refractivity contribution in [3.05, 3.63) is 23.7 Å². The Bertz CT molecular complexity index is 299. The molecule has 0 amide bonds. The average molecular weight is 287 g/mol. The van der Waals surface area contributed by atoms with E-state index in [2.05, 4.69) is 49.5 Å². The SMILES string of the molecule is CCCCSC(Cc1ccc(C)o1)SCCCC. The molecule has 3 heteroatoms. The molecule has 0 aliphatic heterocycles. The molecular weight excluding hydrogens is 260 g/mol. The number of thioether (sulfide) groups is 2. The zero-order valence-electron chi connectivity index (χ0n) is 11.9. The lowest BCUT2D eigenvalue weighted by molar-refractivity contribution is 0.488. The van der Waals surface area contributed by atoms with Crippen LogP contribution in [0.5, 0.6) is 0 Å². The molecule has 0 spiro atoms. The van der Waals surface area contributed by atoms with Gasteiger partial charge >= 0.3 is 0 Å². The number of hydrogen-bond acceptors (Lipinski definition) is 3. The van der Waals surface area contributed by atoms with Gasteiger partial charge in [0.2, 0.25) is 0 Å². The molecule has 1 nitrogen and oxygen atoms in total. The van der Waals surface area contributed by atoms with Crippen LogP contribution in [0.3, 0.4) is 0 Å². The van der Waals surface area contributed by atoms with Gasteiger partial charge in [0.1, 0.15) is 11.5 Å². The Morgan fingerprint density at radius 3 is 2.11 bits per heavy atom. The van der Waals surface area contributed by atoms with Gasteiger partial charge in [0, 0.05) is 6.42 Å². The van der Waals surface area contributed by atoms with Gasteiger partial charge in [-0.2, -0.15) is 0 Å². The molecule has 0 saturated heterocycles. The molecule has 18 heavy (non-hydrogen) atoms. The Hall–Kier alpha value is -0.0200. The maximum Gasteiger partial charge on any atom is 0.106 e. The summed E-state index contributed by atoms with van der Waals surface area (Å²) < 4.78 is 6.36. The second kappa shape index (κ2) is 9.85. The molecule has 0 radical (unpaired) electrons. The molecule has 0 aromatic carbocycles. The van der Waals surface area contributed by atoms with Crippen LogP contribution in [0.15, 0.2) is 16.5 Å². The maximum atomic E-state index is 5.70. The lowest BCUT2D eigenvalue weighted by Gasteiger charge is -2.14. The van der Waals surface area contributed by atoms with Gasteiger partial charge in [-0.1, -0.05) is 26.7 Å². The first kappa shape index (κ1) is 16.0. The summed E-state index contributed by atoms with van der Waals surface area (Å²) in [6.07, 6.45) is 6.30. The predicted octanol–water partition coefficient (Wildman–Crippen LogP) is 5.52. The fraction of sp³-hybridized carbons (Fsp3) is 0.733. The minimum Gasteiger partial charge on any atom is -0.466 e. The summed E-state index contributed by atoms with van der Waals surface area (Å²) in [5.74, 6) is 4.73. The minimum absolute atomic E-state index is 0.661. The first-order chi connectivity index (χ1) is 8.76. The summed E-state index contributed by atoms with van der Waals surface area (Å²) in [6, 6.07) is 4.20. The first-order valence-corrected chi connectivity index (χ1v) is 9.14. The second-order valence-corrected chi connectivity index (χ2v) is 7.51. The number of furan rings is 1. The van der Waals surface area contributed by atoms with E-state index in [1.165, 1.54) is 37.2 Å². The van der Waals surface area contributed by atoms with Crippen molar-refractivity contribution < 1.29 is 4.42 Å². The van der Waals surface area contributed by atoms with E-state index in [-0.39, 0.29) is 0 Å². The van der Waals surface area contributed by atoms with Crippen molar-refractivity contribution in [1.29, 1.82) is 0 Å². The van der Waals surface area contributed by atoms with Crippen LogP contribution in [0.25, 0.3) is 0 Å². The summed E-state index contributed by atoms with van der Waals surface area (Å²) in [4.78, 5) is 0. The first-order valence-electron chi connectivity index (χ1n) is 7.04. The summed E-state index contributed by atoms with van der Waals surface area (Å²) in [6.45, 7) is 6.54. The lowest BCUT2D eigenvalue weighted by atomic mass is 10.3. The third kappa shape index (κ3) is 6.79. The number of unbranched alkanes of at least 4 members (excludes halogenated alkanes) is 2. The molecular formula is C15H26OS2. The summed E-state index contributed by atoms with van der Waals surface area (Å²) >= 11 is 4.21. The normalized spacial score (nSPS) is 11.3. The largest absolute Gasteiger partial charge is 0.466 e. The molecule has 0 fully saturated rings. The highest BCUT2D eigenvalue weighted by Gasteiger charge is 2.12. The number of hydrogen-bond donors (Lipinski definition) is 0. The van der Waals surface area contributed by atoms with Gasteiger partial charge < -0.3 is 4.42 Å². The number of rotatable bonds is 10. The van der Waals surface area contributed by atoms with Gasteiger partial charge in [-0.25, -0.2) is 0 Å². The van der Waals surface area contributed by atoms with Crippen LogP contribution in [0.2, 0.25) is 0 Å². The molecule has 0 N–H and O–H groups in total. The van der Waals surface area contributed by atoms with Crippen LogP contribution in [0.1, 0.15) is 51.1 Å². The van der Waals surface area contributed by atoms with Crippen molar-refractivity contribution in [1.82, 2.24) is 0 Å². The molecule has 0 aliphatic carbocycles.